The van der Waals surface area contributed by atoms with Crippen molar-refractivity contribution in [2.45, 2.75) is 26.6 Å². The van der Waals surface area contributed by atoms with Gasteiger partial charge in [0.25, 0.3) is 0 Å². The van der Waals surface area contributed by atoms with Crippen LogP contribution in [0.4, 0.5) is 13.2 Å². The quantitative estimate of drug-likeness (QED) is 0.569. The van der Waals surface area contributed by atoms with Gasteiger partial charge in [0.2, 0.25) is 0 Å². The predicted molar refractivity (Wildman–Crippen MR) is 91.7 cm³/mol. The van der Waals surface area contributed by atoms with Crippen molar-refractivity contribution >= 4 is 16.7 Å². The minimum absolute atomic E-state index is 0.0438. The van der Waals surface area contributed by atoms with Crippen LogP contribution in [0.1, 0.15) is 35.3 Å². The van der Waals surface area contributed by atoms with E-state index in [1.807, 2.05) is 28.8 Å². The molecule has 0 aliphatic carbocycles. The second-order valence-corrected chi connectivity index (χ2v) is 6.51. The third-order valence-electron chi connectivity index (χ3n) is 4.05. The molecule has 3 aromatic rings. The van der Waals surface area contributed by atoms with Gasteiger partial charge in [-0.3, -0.25) is 4.79 Å². The zero-order valence-electron chi connectivity index (χ0n) is 14.0. The molecule has 130 valence electrons. The van der Waals surface area contributed by atoms with Gasteiger partial charge in [0.05, 0.1) is 5.56 Å². The van der Waals surface area contributed by atoms with Crippen LogP contribution in [-0.4, -0.2) is 10.4 Å². The molecule has 0 radical (unpaired) electrons. The van der Waals surface area contributed by atoms with E-state index in [0.717, 1.165) is 29.6 Å². The molecule has 0 spiro atoms. The van der Waals surface area contributed by atoms with Gasteiger partial charge in [-0.15, -0.1) is 0 Å². The normalized spacial score (nSPS) is 12.1. The number of benzene rings is 2. The van der Waals surface area contributed by atoms with E-state index in [2.05, 4.69) is 13.8 Å². The summed E-state index contributed by atoms with van der Waals surface area (Å²) in [6, 6.07) is 12.0. The molecule has 2 nitrogen and oxygen atoms in total. The molecule has 25 heavy (non-hydrogen) atoms. The van der Waals surface area contributed by atoms with E-state index in [4.69, 9.17) is 0 Å². The number of alkyl halides is 3. The van der Waals surface area contributed by atoms with Crippen molar-refractivity contribution in [3.63, 3.8) is 0 Å². The first-order valence-electron chi connectivity index (χ1n) is 8.07. The van der Waals surface area contributed by atoms with Gasteiger partial charge in [0.1, 0.15) is 0 Å². The number of hydrogen-bond donors (Lipinski definition) is 0. The molecule has 2 aromatic carbocycles. The zero-order valence-corrected chi connectivity index (χ0v) is 14.0. The average Bonchev–Trinajstić information content (AvgIpc) is 2.92. The molecule has 1 heterocycles. The van der Waals surface area contributed by atoms with Crippen molar-refractivity contribution in [1.82, 2.24) is 4.57 Å². The number of aromatic nitrogens is 1. The lowest BCUT2D eigenvalue weighted by Crippen LogP contribution is -2.08. The van der Waals surface area contributed by atoms with Gasteiger partial charge >= 0.3 is 6.18 Å². The van der Waals surface area contributed by atoms with Crippen LogP contribution in [0.2, 0.25) is 0 Å². The number of carbonyl (C=O) groups is 1. The second-order valence-electron chi connectivity index (χ2n) is 6.51. The predicted octanol–water partition coefficient (Wildman–Crippen LogP) is 5.55. The van der Waals surface area contributed by atoms with E-state index in [1.54, 1.807) is 6.20 Å². The number of fused-ring (bicyclic) bond motifs is 1. The van der Waals surface area contributed by atoms with Crippen molar-refractivity contribution in [2.75, 3.05) is 0 Å². The van der Waals surface area contributed by atoms with Gasteiger partial charge in [-0.1, -0.05) is 44.2 Å². The molecule has 0 bridgehead atoms. The number of hydrogen-bond acceptors (Lipinski definition) is 1. The largest absolute Gasteiger partial charge is 0.416 e. The van der Waals surface area contributed by atoms with E-state index in [9.17, 15) is 18.0 Å². The van der Waals surface area contributed by atoms with Gasteiger partial charge in [-0.25, -0.2) is 0 Å². The maximum absolute atomic E-state index is 12.9. The molecular formula is C20H18F3NO. The summed E-state index contributed by atoms with van der Waals surface area (Å²) in [6.45, 7) is 4.88. The second kappa shape index (κ2) is 6.39. The number of para-hydroxylation sites is 1. The van der Waals surface area contributed by atoms with E-state index >= 15 is 0 Å². The lowest BCUT2D eigenvalue weighted by atomic mass is 10.0. The Bertz CT molecular complexity index is 922. The summed E-state index contributed by atoms with van der Waals surface area (Å²) in [6.07, 6.45) is -2.73. The minimum atomic E-state index is -4.47. The molecule has 0 aliphatic heterocycles. The fraction of sp³-hybridized carbons (Fsp3) is 0.250. The van der Waals surface area contributed by atoms with Crippen LogP contribution < -0.4 is 0 Å². The van der Waals surface area contributed by atoms with Gasteiger partial charge in [0.15, 0.2) is 5.78 Å². The Morgan fingerprint density at radius 3 is 2.48 bits per heavy atom. The highest BCUT2D eigenvalue weighted by Gasteiger charge is 2.31. The first-order valence-corrected chi connectivity index (χ1v) is 8.07. The third-order valence-corrected chi connectivity index (χ3v) is 4.05. The molecule has 0 amide bonds. The number of rotatable bonds is 4. The average molecular weight is 345 g/mol. The highest BCUT2D eigenvalue weighted by Crippen LogP contribution is 2.31. The van der Waals surface area contributed by atoms with Crippen LogP contribution in [0.15, 0.2) is 54.7 Å². The Balaban J connectivity index is 2.09. The lowest BCUT2D eigenvalue weighted by Gasteiger charge is -2.08. The Morgan fingerprint density at radius 2 is 1.80 bits per heavy atom. The standard InChI is InChI=1S/C20H18F3NO/c1-13(2)11-24-12-17(16-8-3-4-9-18(16)24)19(25)14-6-5-7-15(10-14)20(21,22)23/h3-10,12-13H,11H2,1-2H3. The highest BCUT2D eigenvalue weighted by molar-refractivity contribution is 6.16. The molecule has 0 atom stereocenters. The Morgan fingerprint density at radius 1 is 1.08 bits per heavy atom. The van der Waals surface area contributed by atoms with Crippen LogP contribution in [0, 0.1) is 5.92 Å². The topological polar surface area (TPSA) is 22.0 Å². The Kier molecular flexibility index (Phi) is 4.41. The summed E-state index contributed by atoms with van der Waals surface area (Å²) in [5.41, 5.74) is 0.564. The maximum atomic E-state index is 12.9. The van der Waals surface area contributed by atoms with E-state index < -0.39 is 17.5 Å². The first-order chi connectivity index (χ1) is 11.8. The van der Waals surface area contributed by atoms with E-state index in [-0.39, 0.29) is 5.56 Å². The Labute approximate surface area is 143 Å². The SMILES string of the molecule is CC(C)Cn1cc(C(=O)c2cccc(C(F)(F)F)c2)c2ccccc21. The number of nitrogens with zero attached hydrogens (tertiary/aromatic N) is 1. The summed E-state index contributed by atoms with van der Waals surface area (Å²) in [5.74, 6) is -0.0166. The molecule has 1 aromatic heterocycles. The molecular weight excluding hydrogens is 327 g/mol. The van der Waals surface area contributed by atoms with Crippen molar-refractivity contribution in [3.05, 3.63) is 71.4 Å². The van der Waals surface area contributed by atoms with Crippen LogP contribution in [0.5, 0.6) is 0 Å². The van der Waals surface area contributed by atoms with Crippen LogP contribution >= 0.6 is 0 Å². The molecule has 5 heteroatoms. The van der Waals surface area contributed by atoms with Crippen molar-refractivity contribution in [2.24, 2.45) is 5.92 Å². The number of carbonyl (C=O) groups excluding carboxylic acids is 1. The maximum Gasteiger partial charge on any atom is 0.416 e. The lowest BCUT2D eigenvalue weighted by molar-refractivity contribution is -0.137. The highest BCUT2D eigenvalue weighted by atomic mass is 19.4. The third kappa shape index (κ3) is 3.45. The van der Waals surface area contributed by atoms with Gasteiger partial charge < -0.3 is 4.57 Å². The molecule has 0 N–H and O–H groups in total. The number of ketones is 1. The van der Waals surface area contributed by atoms with Crippen molar-refractivity contribution in [1.29, 1.82) is 0 Å². The summed E-state index contributed by atoms with van der Waals surface area (Å²) < 4.78 is 40.7. The smallest absolute Gasteiger partial charge is 0.346 e. The zero-order chi connectivity index (χ0) is 18.2. The summed E-state index contributed by atoms with van der Waals surface area (Å²) in [5, 5.41) is 0.755. The van der Waals surface area contributed by atoms with Crippen LogP contribution in [-0.2, 0) is 12.7 Å². The first kappa shape index (κ1) is 17.3. The monoisotopic (exact) mass is 345 g/mol. The molecule has 0 saturated heterocycles. The summed E-state index contributed by atoms with van der Waals surface area (Å²) >= 11 is 0. The summed E-state index contributed by atoms with van der Waals surface area (Å²) in [4.78, 5) is 12.9. The summed E-state index contributed by atoms with van der Waals surface area (Å²) in [7, 11) is 0. The molecule has 0 aliphatic rings. The van der Waals surface area contributed by atoms with E-state index in [0.29, 0.717) is 11.5 Å². The van der Waals surface area contributed by atoms with Crippen LogP contribution in [0.25, 0.3) is 10.9 Å². The van der Waals surface area contributed by atoms with Gasteiger partial charge in [-0.05, 0) is 24.1 Å². The van der Waals surface area contributed by atoms with Gasteiger partial charge in [0, 0.05) is 34.8 Å². The molecule has 3 rings (SSSR count). The van der Waals surface area contributed by atoms with Gasteiger partial charge in [-0.2, -0.15) is 13.2 Å². The Hall–Kier alpha value is -2.56. The van der Waals surface area contributed by atoms with E-state index in [1.165, 1.54) is 12.1 Å². The molecule has 0 saturated carbocycles. The van der Waals surface area contributed by atoms with Crippen molar-refractivity contribution < 1.29 is 18.0 Å². The fourth-order valence-corrected chi connectivity index (χ4v) is 2.96. The number of halogens is 3. The van der Waals surface area contributed by atoms with Crippen molar-refractivity contribution in [3.8, 4) is 0 Å². The minimum Gasteiger partial charge on any atom is -0.346 e. The van der Waals surface area contributed by atoms with Crippen LogP contribution in [0.3, 0.4) is 0 Å². The molecule has 0 unspecified atom stereocenters. The molecule has 0 fully saturated rings. The fourth-order valence-electron chi connectivity index (χ4n) is 2.96.